The molecule has 1 aromatic heterocycles. The van der Waals surface area contributed by atoms with Gasteiger partial charge in [-0.2, -0.15) is 0 Å². The fourth-order valence-electron chi connectivity index (χ4n) is 6.08. The van der Waals surface area contributed by atoms with Crippen molar-refractivity contribution in [2.24, 2.45) is 0 Å². The van der Waals surface area contributed by atoms with Crippen molar-refractivity contribution in [3.05, 3.63) is 124 Å². The van der Waals surface area contributed by atoms with Gasteiger partial charge in [-0.1, -0.05) is 89.9 Å². The van der Waals surface area contributed by atoms with Gasteiger partial charge < -0.3 is 9.30 Å². The Balaban J connectivity index is 1.36. The average Bonchev–Trinajstić information content (AvgIpc) is 3.27. The Bertz CT molecular complexity index is 1570. The molecule has 2 heterocycles. The van der Waals surface area contributed by atoms with E-state index in [9.17, 15) is 0 Å². The largest absolute Gasteiger partial charge is 0.497 e. The quantitative estimate of drug-likeness (QED) is 0.199. The summed E-state index contributed by atoms with van der Waals surface area (Å²) >= 11 is 13.1. The van der Waals surface area contributed by atoms with Crippen LogP contribution in [0.25, 0.3) is 22.2 Å². The molecule has 4 aromatic carbocycles. The molecule has 39 heavy (non-hydrogen) atoms. The van der Waals surface area contributed by atoms with Crippen LogP contribution in [-0.2, 0) is 13.1 Å². The van der Waals surface area contributed by atoms with Gasteiger partial charge in [0.05, 0.1) is 12.8 Å². The van der Waals surface area contributed by atoms with Gasteiger partial charge >= 0.3 is 0 Å². The fraction of sp³-hybridized carbons (Fsp3) is 0.235. The Hall–Kier alpha value is -3.24. The highest BCUT2D eigenvalue weighted by atomic mass is 35.5. The van der Waals surface area contributed by atoms with Crippen molar-refractivity contribution in [1.82, 2.24) is 9.47 Å². The number of para-hydroxylation sites is 1. The number of aromatic nitrogens is 1. The number of likely N-dealkylation sites (tertiary alicyclic amines) is 1. The number of nitrogens with zero attached hydrogens (tertiary/aromatic N) is 2. The van der Waals surface area contributed by atoms with Gasteiger partial charge in [-0.25, -0.2) is 0 Å². The van der Waals surface area contributed by atoms with Gasteiger partial charge in [0.25, 0.3) is 0 Å². The van der Waals surface area contributed by atoms with Crippen LogP contribution in [0, 0.1) is 0 Å². The smallest absolute Gasteiger partial charge is 0.119 e. The van der Waals surface area contributed by atoms with E-state index in [1.165, 1.54) is 33.3 Å². The van der Waals surface area contributed by atoms with Crippen LogP contribution in [-0.4, -0.2) is 29.7 Å². The molecule has 0 unspecified atom stereocenters. The van der Waals surface area contributed by atoms with E-state index in [4.69, 9.17) is 27.9 Å². The third kappa shape index (κ3) is 5.32. The van der Waals surface area contributed by atoms with E-state index in [0.717, 1.165) is 60.4 Å². The molecular weight excluding hydrogens is 523 g/mol. The number of benzene rings is 4. The Labute approximate surface area is 240 Å². The first-order valence-corrected chi connectivity index (χ1v) is 14.3. The first kappa shape index (κ1) is 26.0. The molecular formula is C34H32Cl2N2O. The van der Waals surface area contributed by atoms with Gasteiger partial charge in [-0.3, -0.25) is 4.90 Å². The Morgan fingerprint density at radius 1 is 0.769 bits per heavy atom. The lowest BCUT2D eigenvalue weighted by Gasteiger charge is -2.33. The zero-order chi connectivity index (χ0) is 26.8. The highest BCUT2D eigenvalue weighted by molar-refractivity contribution is 6.36. The van der Waals surface area contributed by atoms with Crippen LogP contribution in [0.2, 0.25) is 10.0 Å². The van der Waals surface area contributed by atoms with Crippen LogP contribution in [0.3, 0.4) is 0 Å². The topological polar surface area (TPSA) is 17.4 Å². The number of piperidine rings is 1. The van der Waals surface area contributed by atoms with Crippen LogP contribution in [0.15, 0.2) is 97.1 Å². The molecule has 3 nitrogen and oxygen atoms in total. The molecule has 0 atom stereocenters. The van der Waals surface area contributed by atoms with Gasteiger partial charge in [-0.05, 0) is 84.4 Å². The minimum absolute atomic E-state index is 0.394. The van der Waals surface area contributed by atoms with Gasteiger partial charge in [0.2, 0.25) is 0 Å². The second-order valence-electron chi connectivity index (χ2n) is 10.3. The summed E-state index contributed by atoms with van der Waals surface area (Å²) in [6.45, 7) is 3.69. The lowest BCUT2D eigenvalue weighted by atomic mass is 9.89. The molecule has 1 aliphatic rings. The zero-order valence-corrected chi connectivity index (χ0v) is 23.6. The maximum Gasteiger partial charge on any atom is 0.119 e. The standard InChI is InChI=1S/C34H32Cl2N2O/c1-39-27-12-7-9-24(21-27)22-38-32-16-6-5-13-28(32)29(34(38)26-10-3-2-4-11-26)23-37-19-17-25(18-20-37)33-30(35)14-8-15-31(33)36/h2-16,21,25H,17-20,22-23H2,1H3. The molecule has 0 N–H and O–H groups in total. The molecule has 0 amide bonds. The predicted molar refractivity (Wildman–Crippen MR) is 163 cm³/mol. The number of ether oxygens (including phenoxy) is 1. The molecule has 6 rings (SSSR count). The molecule has 1 aliphatic heterocycles. The van der Waals surface area contributed by atoms with E-state index < -0.39 is 0 Å². The first-order valence-electron chi connectivity index (χ1n) is 13.6. The fourth-order valence-corrected chi connectivity index (χ4v) is 6.79. The van der Waals surface area contributed by atoms with Crippen LogP contribution in [0.5, 0.6) is 5.75 Å². The summed E-state index contributed by atoms with van der Waals surface area (Å²) in [5.41, 5.74) is 7.50. The van der Waals surface area contributed by atoms with Gasteiger partial charge in [0, 0.05) is 34.0 Å². The molecule has 0 bridgehead atoms. The Kier molecular flexibility index (Phi) is 7.65. The van der Waals surface area contributed by atoms with Crippen LogP contribution >= 0.6 is 23.2 Å². The molecule has 0 saturated carbocycles. The summed E-state index contributed by atoms with van der Waals surface area (Å²) in [6.07, 6.45) is 2.10. The minimum Gasteiger partial charge on any atom is -0.497 e. The van der Waals surface area contributed by atoms with E-state index in [1.54, 1.807) is 7.11 Å². The third-order valence-corrected chi connectivity index (χ3v) is 8.63. The first-order chi connectivity index (χ1) is 19.1. The number of hydrogen-bond donors (Lipinski definition) is 0. The highest BCUT2D eigenvalue weighted by Crippen LogP contribution is 2.40. The Morgan fingerprint density at radius 3 is 2.21 bits per heavy atom. The summed E-state index contributed by atoms with van der Waals surface area (Å²) in [5.74, 6) is 1.28. The number of fused-ring (bicyclic) bond motifs is 1. The van der Waals surface area contributed by atoms with Gasteiger partial charge in [-0.15, -0.1) is 0 Å². The van der Waals surface area contributed by atoms with Gasteiger partial charge in [0.15, 0.2) is 0 Å². The molecule has 0 spiro atoms. The highest BCUT2D eigenvalue weighted by Gasteiger charge is 2.26. The molecule has 1 fully saturated rings. The van der Waals surface area contributed by atoms with E-state index in [2.05, 4.69) is 82.3 Å². The summed E-state index contributed by atoms with van der Waals surface area (Å²) in [4.78, 5) is 2.59. The van der Waals surface area contributed by atoms with E-state index in [0.29, 0.717) is 5.92 Å². The number of halogens is 2. The summed E-state index contributed by atoms with van der Waals surface area (Å²) < 4.78 is 8.00. The number of rotatable bonds is 7. The van der Waals surface area contributed by atoms with Crippen molar-refractivity contribution in [2.45, 2.75) is 31.8 Å². The molecule has 1 saturated heterocycles. The SMILES string of the molecule is COc1cccc(Cn2c(-c3ccccc3)c(CN3CCC(c4c(Cl)cccc4Cl)CC3)c3ccccc32)c1. The summed E-state index contributed by atoms with van der Waals surface area (Å²) in [6, 6.07) is 33.8. The monoisotopic (exact) mass is 554 g/mol. The third-order valence-electron chi connectivity index (χ3n) is 7.98. The second kappa shape index (κ2) is 11.5. The average molecular weight is 556 g/mol. The lowest BCUT2D eigenvalue weighted by molar-refractivity contribution is 0.205. The second-order valence-corrected chi connectivity index (χ2v) is 11.1. The molecule has 5 aromatic rings. The maximum absolute atomic E-state index is 6.56. The molecule has 5 heteroatoms. The van der Waals surface area contributed by atoms with Crippen molar-refractivity contribution in [3.63, 3.8) is 0 Å². The molecule has 198 valence electrons. The van der Waals surface area contributed by atoms with E-state index >= 15 is 0 Å². The zero-order valence-electron chi connectivity index (χ0n) is 22.1. The van der Waals surface area contributed by atoms with Crippen LogP contribution in [0.1, 0.15) is 35.4 Å². The van der Waals surface area contributed by atoms with Crippen molar-refractivity contribution < 1.29 is 4.74 Å². The lowest BCUT2D eigenvalue weighted by Crippen LogP contribution is -2.32. The predicted octanol–water partition coefficient (Wildman–Crippen LogP) is 9.05. The normalized spacial score (nSPS) is 14.6. The van der Waals surface area contributed by atoms with Crippen LogP contribution < -0.4 is 4.74 Å². The van der Waals surface area contributed by atoms with Crippen molar-refractivity contribution in [3.8, 4) is 17.0 Å². The van der Waals surface area contributed by atoms with Crippen molar-refractivity contribution in [1.29, 1.82) is 0 Å². The van der Waals surface area contributed by atoms with E-state index in [-0.39, 0.29) is 0 Å². The summed E-state index contributed by atoms with van der Waals surface area (Å²) in [7, 11) is 1.72. The van der Waals surface area contributed by atoms with Gasteiger partial charge in [0.1, 0.15) is 5.75 Å². The van der Waals surface area contributed by atoms with E-state index in [1.807, 2.05) is 24.3 Å². The Morgan fingerprint density at radius 2 is 1.46 bits per heavy atom. The molecule has 0 radical (unpaired) electrons. The minimum atomic E-state index is 0.394. The number of hydrogen-bond acceptors (Lipinski definition) is 2. The maximum atomic E-state index is 6.56. The molecule has 0 aliphatic carbocycles. The van der Waals surface area contributed by atoms with Crippen LogP contribution in [0.4, 0.5) is 0 Å². The van der Waals surface area contributed by atoms with Crippen molar-refractivity contribution in [2.75, 3.05) is 20.2 Å². The van der Waals surface area contributed by atoms with Crippen molar-refractivity contribution >= 4 is 34.1 Å². The number of methoxy groups -OCH3 is 1. The summed E-state index contributed by atoms with van der Waals surface area (Å²) in [5, 5.41) is 2.89.